The Labute approximate surface area is 151 Å². The van der Waals surface area contributed by atoms with Crippen LogP contribution < -0.4 is 5.32 Å². The zero-order chi connectivity index (χ0) is 18.3. The molecule has 3 atom stereocenters. The molecule has 1 fully saturated rings. The maximum atomic E-state index is 12.9. The number of fused-ring (bicyclic) bond motifs is 3. The van der Waals surface area contributed by atoms with Gasteiger partial charge in [-0.15, -0.1) is 0 Å². The van der Waals surface area contributed by atoms with Crippen molar-refractivity contribution in [2.75, 3.05) is 26.2 Å². The third-order valence-electron chi connectivity index (χ3n) is 5.48. The van der Waals surface area contributed by atoms with Crippen LogP contribution in [0.3, 0.4) is 0 Å². The first kappa shape index (κ1) is 17.1. The molecule has 1 saturated heterocycles. The average Bonchev–Trinajstić information content (AvgIpc) is 3.08. The van der Waals surface area contributed by atoms with Crippen LogP contribution in [0.15, 0.2) is 48.5 Å². The molecule has 26 heavy (non-hydrogen) atoms. The molecule has 1 heterocycles. The minimum absolute atomic E-state index is 0.256. The Morgan fingerprint density at radius 2 is 1.96 bits per heavy atom. The second-order valence-electron chi connectivity index (χ2n) is 7.06. The highest BCUT2D eigenvalue weighted by Crippen LogP contribution is 2.51. The van der Waals surface area contributed by atoms with Crippen LogP contribution in [0.5, 0.6) is 0 Å². The number of carbonyl (C=O) groups excluding carboxylic acids is 1. The highest BCUT2D eigenvalue weighted by Gasteiger charge is 2.55. The molecular formula is C20H21FN2O3. The van der Waals surface area contributed by atoms with Crippen LogP contribution in [-0.4, -0.2) is 47.2 Å². The minimum Gasteiger partial charge on any atom is -0.388 e. The topological polar surface area (TPSA) is 72.8 Å². The van der Waals surface area contributed by atoms with Crippen molar-refractivity contribution >= 4 is 5.91 Å². The summed E-state index contributed by atoms with van der Waals surface area (Å²) < 4.78 is 12.9. The number of carbonyl (C=O) groups is 1. The summed E-state index contributed by atoms with van der Waals surface area (Å²) in [5.74, 6) is -0.890. The normalized spacial score (nSPS) is 27.2. The van der Waals surface area contributed by atoms with E-state index in [2.05, 4.69) is 10.2 Å². The summed E-state index contributed by atoms with van der Waals surface area (Å²) in [5, 5.41) is 24.5. The van der Waals surface area contributed by atoms with Gasteiger partial charge in [-0.1, -0.05) is 24.3 Å². The van der Waals surface area contributed by atoms with Crippen molar-refractivity contribution in [3.8, 4) is 0 Å². The van der Waals surface area contributed by atoms with Gasteiger partial charge in [0.2, 0.25) is 0 Å². The number of rotatable bonds is 4. The second kappa shape index (κ2) is 6.46. The molecule has 6 heteroatoms. The van der Waals surface area contributed by atoms with Gasteiger partial charge < -0.3 is 15.5 Å². The van der Waals surface area contributed by atoms with Gasteiger partial charge in [0.25, 0.3) is 5.91 Å². The van der Waals surface area contributed by atoms with E-state index in [0.29, 0.717) is 31.7 Å². The molecular weight excluding hydrogens is 335 g/mol. The van der Waals surface area contributed by atoms with Gasteiger partial charge in [0.05, 0.1) is 6.10 Å². The number of halogens is 1. The molecule has 1 aliphatic carbocycles. The SMILES string of the molecule is O=C(NCCN1CC2C(O)c3ccccc3C2(O)C1)c1ccc(F)cc1. The van der Waals surface area contributed by atoms with Gasteiger partial charge in [0.1, 0.15) is 11.4 Å². The number of hydrogen-bond acceptors (Lipinski definition) is 4. The van der Waals surface area contributed by atoms with Gasteiger partial charge >= 0.3 is 0 Å². The van der Waals surface area contributed by atoms with Crippen molar-refractivity contribution < 1.29 is 19.4 Å². The monoisotopic (exact) mass is 356 g/mol. The van der Waals surface area contributed by atoms with Crippen molar-refractivity contribution in [2.45, 2.75) is 11.7 Å². The maximum absolute atomic E-state index is 12.9. The van der Waals surface area contributed by atoms with Gasteiger partial charge in [-0.25, -0.2) is 4.39 Å². The second-order valence-corrected chi connectivity index (χ2v) is 7.06. The summed E-state index contributed by atoms with van der Waals surface area (Å²) in [5.41, 5.74) is 0.976. The van der Waals surface area contributed by atoms with Gasteiger partial charge in [-0.2, -0.15) is 0 Å². The Morgan fingerprint density at radius 3 is 2.73 bits per heavy atom. The molecule has 2 aliphatic rings. The van der Waals surface area contributed by atoms with E-state index in [4.69, 9.17) is 0 Å². The Hall–Kier alpha value is -2.28. The fourth-order valence-corrected chi connectivity index (χ4v) is 4.16. The zero-order valence-electron chi connectivity index (χ0n) is 14.2. The van der Waals surface area contributed by atoms with Gasteiger partial charge in [-0.3, -0.25) is 9.69 Å². The van der Waals surface area contributed by atoms with Gasteiger partial charge in [0.15, 0.2) is 0 Å². The van der Waals surface area contributed by atoms with Gasteiger partial charge in [-0.05, 0) is 35.4 Å². The lowest BCUT2D eigenvalue weighted by Crippen LogP contribution is -2.36. The number of aliphatic hydroxyl groups is 2. The lowest BCUT2D eigenvalue weighted by atomic mass is 9.90. The predicted molar refractivity (Wildman–Crippen MR) is 94.0 cm³/mol. The van der Waals surface area contributed by atoms with Crippen LogP contribution in [0.4, 0.5) is 4.39 Å². The quantitative estimate of drug-likeness (QED) is 0.775. The summed E-state index contributed by atoms with van der Waals surface area (Å²) in [4.78, 5) is 14.1. The number of nitrogens with one attached hydrogen (secondary N) is 1. The molecule has 136 valence electrons. The number of hydrogen-bond donors (Lipinski definition) is 3. The first-order chi connectivity index (χ1) is 12.5. The van der Waals surface area contributed by atoms with E-state index in [1.807, 2.05) is 24.3 Å². The molecule has 4 rings (SSSR count). The standard InChI is InChI=1S/C20H21FN2O3/c21-14-7-5-13(6-8-14)19(25)22-9-10-23-11-17-18(24)15-3-1-2-4-16(15)20(17,26)12-23/h1-8,17-18,24,26H,9-12H2,(H,22,25). The molecule has 3 unspecified atom stereocenters. The number of benzene rings is 2. The highest BCUT2D eigenvalue weighted by atomic mass is 19.1. The summed E-state index contributed by atoms with van der Waals surface area (Å²) in [7, 11) is 0. The molecule has 0 saturated carbocycles. The summed E-state index contributed by atoms with van der Waals surface area (Å²) in [6.45, 7) is 1.98. The molecule has 2 aromatic carbocycles. The molecule has 5 nitrogen and oxygen atoms in total. The molecule has 0 radical (unpaired) electrons. The maximum Gasteiger partial charge on any atom is 0.251 e. The van der Waals surface area contributed by atoms with E-state index in [1.165, 1.54) is 24.3 Å². The van der Waals surface area contributed by atoms with Crippen LogP contribution in [-0.2, 0) is 5.60 Å². The number of nitrogens with zero attached hydrogens (tertiary/aromatic N) is 1. The van der Waals surface area contributed by atoms with Gasteiger partial charge in [0, 0.05) is 37.7 Å². The summed E-state index contributed by atoms with van der Waals surface area (Å²) in [6.07, 6.45) is -0.671. The van der Waals surface area contributed by atoms with E-state index < -0.39 is 11.7 Å². The minimum atomic E-state index is -1.04. The number of amides is 1. The molecule has 3 N–H and O–H groups in total. The summed E-state index contributed by atoms with van der Waals surface area (Å²) in [6, 6.07) is 12.9. The average molecular weight is 356 g/mol. The van der Waals surface area contributed by atoms with Crippen LogP contribution >= 0.6 is 0 Å². The molecule has 1 amide bonds. The van der Waals surface area contributed by atoms with Crippen molar-refractivity contribution in [1.29, 1.82) is 0 Å². The summed E-state index contributed by atoms with van der Waals surface area (Å²) >= 11 is 0. The molecule has 1 aliphatic heterocycles. The number of β-amino-alcohol motifs (C(OH)–C–C–N with tert-alkyl or cyclic N) is 1. The first-order valence-electron chi connectivity index (χ1n) is 8.75. The fourth-order valence-electron chi connectivity index (χ4n) is 4.16. The highest BCUT2D eigenvalue weighted by molar-refractivity contribution is 5.94. The molecule has 0 aromatic heterocycles. The fraction of sp³-hybridized carbons (Fsp3) is 0.350. The largest absolute Gasteiger partial charge is 0.388 e. The van der Waals surface area contributed by atoms with E-state index >= 15 is 0 Å². The third-order valence-corrected chi connectivity index (χ3v) is 5.48. The van der Waals surface area contributed by atoms with Crippen LogP contribution in [0.25, 0.3) is 0 Å². The van der Waals surface area contributed by atoms with Crippen molar-refractivity contribution in [1.82, 2.24) is 10.2 Å². The zero-order valence-corrected chi connectivity index (χ0v) is 14.2. The van der Waals surface area contributed by atoms with Crippen molar-refractivity contribution in [3.05, 3.63) is 71.0 Å². The van der Waals surface area contributed by atoms with Crippen LogP contribution in [0, 0.1) is 11.7 Å². The molecule has 2 aromatic rings. The van der Waals surface area contributed by atoms with Crippen molar-refractivity contribution in [3.63, 3.8) is 0 Å². The van der Waals surface area contributed by atoms with E-state index in [9.17, 15) is 19.4 Å². The Kier molecular flexibility index (Phi) is 4.26. The number of aliphatic hydroxyl groups excluding tert-OH is 1. The Bertz CT molecular complexity index is 826. The van der Waals surface area contributed by atoms with E-state index in [-0.39, 0.29) is 17.6 Å². The lowest BCUT2D eigenvalue weighted by Gasteiger charge is -2.24. The Morgan fingerprint density at radius 1 is 1.23 bits per heavy atom. The van der Waals surface area contributed by atoms with E-state index in [0.717, 1.165) is 11.1 Å². The van der Waals surface area contributed by atoms with Crippen LogP contribution in [0.2, 0.25) is 0 Å². The smallest absolute Gasteiger partial charge is 0.251 e. The van der Waals surface area contributed by atoms with E-state index in [1.54, 1.807) is 0 Å². The molecule has 0 spiro atoms. The predicted octanol–water partition coefficient (Wildman–Crippen LogP) is 1.42. The van der Waals surface area contributed by atoms with Crippen LogP contribution in [0.1, 0.15) is 27.6 Å². The number of likely N-dealkylation sites (tertiary alicyclic amines) is 1. The Balaban J connectivity index is 1.36. The third kappa shape index (κ3) is 2.80. The first-order valence-corrected chi connectivity index (χ1v) is 8.75. The lowest BCUT2D eigenvalue weighted by molar-refractivity contribution is -0.0225. The van der Waals surface area contributed by atoms with Crippen molar-refractivity contribution in [2.24, 2.45) is 5.92 Å². The molecule has 0 bridgehead atoms.